The van der Waals surface area contributed by atoms with Gasteiger partial charge in [0.25, 0.3) is 0 Å². The smallest absolute Gasteiger partial charge is 0.232 e. The van der Waals surface area contributed by atoms with Gasteiger partial charge in [-0.15, -0.1) is 24.8 Å². The molecule has 0 aromatic carbocycles. The topological polar surface area (TPSA) is 71.8 Å². The van der Waals surface area contributed by atoms with E-state index in [4.69, 9.17) is 0 Å². The van der Waals surface area contributed by atoms with Gasteiger partial charge in [-0.1, -0.05) is 12.8 Å². The van der Waals surface area contributed by atoms with E-state index in [9.17, 15) is 4.79 Å². The molecule has 1 amide bonds. The number of carbonyl (C=O) groups is 1. The number of hydrogen-bond acceptors (Lipinski definition) is 4. The van der Waals surface area contributed by atoms with Gasteiger partial charge in [-0.25, -0.2) is 9.67 Å². The maximum Gasteiger partial charge on any atom is 0.232 e. The lowest BCUT2D eigenvalue weighted by Crippen LogP contribution is -2.44. The van der Waals surface area contributed by atoms with Crippen LogP contribution in [0.4, 0.5) is 5.69 Å². The number of fused-ring (bicyclic) bond motifs is 1. The van der Waals surface area contributed by atoms with Crippen molar-refractivity contribution in [2.24, 2.45) is 11.3 Å². The Hall–Kier alpha value is -1.63. The van der Waals surface area contributed by atoms with Crippen LogP contribution in [0.25, 0.3) is 5.82 Å². The van der Waals surface area contributed by atoms with Crippen LogP contribution in [-0.4, -0.2) is 33.8 Å². The van der Waals surface area contributed by atoms with Crippen LogP contribution >= 0.6 is 24.8 Å². The van der Waals surface area contributed by atoms with Gasteiger partial charge in [0.1, 0.15) is 0 Å². The molecule has 0 spiro atoms. The molecule has 2 aromatic rings. The summed E-state index contributed by atoms with van der Waals surface area (Å²) in [6.07, 6.45) is 6.23. The molecule has 0 bridgehead atoms. The quantitative estimate of drug-likeness (QED) is 0.810. The first-order valence-electron chi connectivity index (χ1n) is 9.10. The Labute approximate surface area is 172 Å². The van der Waals surface area contributed by atoms with Crippen LogP contribution in [0.2, 0.25) is 0 Å². The van der Waals surface area contributed by atoms with Crippen molar-refractivity contribution in [1.29, 1.82) is 0 Å². The summed E-state index contributed by atoms with van der Waals surface area (Å²) in [6, 6.07) is 5.83. The minimum atomic E-state index is -0.243. The molecule has 1 saturated heterocycles. The van der Waals surface area contributed by atoms with Crippen molar-refractivity contribution < 1.29 is 4.79 Å². The highest BCUT2D eigenvalue weighted by atomic mass is 35.5. The summed E-state index contributed by atoms with van der Waals surface area (Å²) in [5.74, 6) is 1.37. The zero-order chi connectivity index (χ0) is 17.4. The third-order valence-electron chi connectivity index (χ3n) is 5.72. The first kappa shape index (κ1) is 21.7. The van der Waals surface area contributed by atoms with Gasteiger partial charge in [-0.3, -0.25) is 4.79 Å². The summed E-state index contributed by atoms with van der Waals surface area (Å²) in [6.45, 7) is 5.73. The van der Waals surface area contributed by atoms with E-state index >= 15 is 0 Å². The Morgan fingerprint density at radius 1 is 1.30 bits per heavy atom. The highest BCUT2D eigenvalue weighted by Crippen LogP contribution is 2.44. The second-order valence-corrected chi connectivity index (χ2v) is 7.43. The lowest BCUT2D eigenvalue weighted by Gasteiger charge is -2.37. The van der Waals surface area contributed by atoms with E-state index in [1.807, 2.05) is 36.7 Å². The Balaban J connectivity index is 0.00000131. The molecule has 2 atom stereocenters. The number of nitrogens with one attached hydrogen (secondary N) is 2. The number of carbonyl (C=O) groups excluding carboxylic acids is 1. The maximum absolute atomic E-state index is 13.0. The van der Waals surface area contributed by atoms with Crippen molar-refractivity contribution in [3.8, 4) is 5.82 Å². The summed E-state index contributed by atoms with van der Waals surface area (Å²) < 4.78 is 1.82. The highest BCUT2D eigenvalue weighted by molar-refractivity contribution is 5.96. The number of nitrogens with zero attached hydrogens (tertiary/aromatic N) is 3. The molecule has 0 radical (unpaired) electrons. The molecule has 1 aliphatic heterocycles. The van der Waals surface area contributed by atoms with E-state index in [0.29, 0.717) is 5.92 Å². The summed E-state index contributed by atoms with van der Waals surface area (Å²) >= 11 is 0. The van der Waals surface area contributed by atoms with Crippen LogP contribution in [0.3, 0.4) is 0 Å². The molecule has 8 heteroatoms. The predicted octanol–water partition coefficient (Wildman–Crippen LogP) is 3.45. The SMILES string of the molecule is Cc1cc(C)n(-c2ccc(NC(=O)[C@@]34CCCC[C@H]3CNC4)cn2)n1.Cl.Cl. The number of amides is 1. The molecule has 2 N–H and O–H groups in total. The summed E-state index contributed by atoms with van der Waals surface area (Å²) in [5, 5.41) is 11.0. The molecule has 27 heavy (non-hydrogen) atoms. The van der Waals surface area contributed by atoms with Gasteiger partial charge < -0.3 is 10.6 Å². The van der Waals surface area contributed by atoms with Crippen molar-refractivity contribution in [3.05, 3.63) is 35.8 Å². The Bertz CT molecular complexity index is 792. The first-order chi connectivity index (χ1) is 12.1. The average molecular weight is 412 g/mol. The van der Waals surface area contributed by atoms with Gasteiger partial charge in [0.05, 0.1) is 23.0 Å². The third kappa shape index (κ3) is 3.98. The molecular formula is C19H27Cl2N5O. The molecule has 1 saturated carbocycles. The second-order valence-electron chi connectivity index (χ2n) is 7.43. The maximum atomic E-state index is 13.0. The number of pyridine rings is 1. The zero-order valence-corrected chi connectivity index (χ0v) is 17.3. The lowest BCUT2D eigenvalue weighted by molar-refractivity contribution is -0.128. The lowest BCUT2D eigenvalue weighted by atomic mass is 9.67. The van der Waals surface area contributed by atoms with Gasteiger partial charge in [-0.05, 0) is 57.4 Å². The number of rotatable bonds is 3. The number of anilines is 1. The highest BCUT2D eigenvalue weighted by Gasteiger charge is 2.49. The number of halogens is 2. The monoisotopic (exact) mass is 411 g/mol. The fraction of sp³-hybridized carbons (Fsp3) is 0.526. The molecule has 0 unspecified atom stereocenters. The molecule has 3 heterocycles. The van der Waals surface area contributed by atoms with E-state index < -0.39 is 0 Å². The molecule has 4 rings (SSSR count). The number of hydrogen-bond donors (Lipinski definition) is 2. The van der Waals surface area contributed by atoms with Crippen LogP contribution < -0.4 is 10.6 Å². The van der Waals surface area contributed by atoms with Gasteiger partial charge in [0.2, 0.25) is 5.91 Å². The first-order valence-corrected chi connectivity index (χ1v) is 9.10. The fourth-order valence-electron chi connectivity index (χ4n) is 4.39. The fourth-order valence-corrected chi connectivity index (χ4v) is 4.39. The van der Waals surface area contributed by atoms with Crippen molar-refractivity contribution in [3.63, 3.8) is 0 Å². The zero-order valence-electron chi connectivity index (χ0n) is 15.7. The average Bonchev–Trinajstić information content (AvgIpc) is 3.19. The van der Waals surface area contributed by atoms with Crippen molar-refractivity contribution in [2.45, 2.75) is 39.5 Å². The molecule has 2 aromatic heterocycles. The minimum absolute atomic E-state index is 0. The predicted molar refractivity (Wildman–Crippen MR) is 111 cm³/mol. The number of aromatic nitrogens is 3. The summed E-state index contributed by atoms with van der Waals surface area (Å²) in [4.78, 5) is 17.5. The Morgan fingerprint density at radius 2 is 2.11 bits per heavy atom. The van der Waals surface area contributed by atoms with Gasteiger partial charge in [0.15, 0.2) is 5.82 Å². The van der Waals surface area contributed by atoms with Gasteiger partial charge in [-0.2, -0.15) is 5.10 Å². The van der Waals surface area contributed by atoms with Crippen molar-refractivity contribution >= 4 is 36.4 Å². The number of aryl methyl sites for hydroxylation is 2. The van der Waals surface area contributed by atoms with Gasteiger partial charge in [0, 0.05) is 12.2 Å². The normalized spacial score (nSPS) is 23.7. The standard InChI is InChI=1S/C19H25N5O.2ClH/c1-13-9-14(2)24(23-13)17-7-6-16(11-21-17)22-18(25)19-8-4-3-5-15(19)10-20-12-19;;/h6-7,9,11,15,20H,3-5,8,10,12H2,1-2H3,(H,22,25);2*1H/t15-,19+;;/m0../s1. The van der Waals surface area contributed by atoms with E-state index in [2.05, 4.69) is 20.7 Å². The largest absolute Gasteiger partial charge is 0.324 e. The molecule has 1 aliphatic carbocycles. The Morgan fingerprint density at radius 3 is 2.78 bits per heavy atom. The van der Waals surface area contributed by atoms with E-state index in [1.54, 1.807) is 6.20 Å². The second kappa shape index (κ2) is 8.59. The third-order valence-corrected chi connectivity index (χ3v) is 5.72. The molecular weight excluding hydrogens is 385 g/mol. The Kier molecular flexibility index (Phi) is 6.89. The molecule has 2 fully saturated rings. The molecule has 2 aliphatic rings. The minimum Gasteiger partial charge on any atom is -0.324 e. The van der Waals surface area contributed by atoms with Crippen LogP contribution in [0, 0.1) is 25.2 Å². The van der Waals surface area contributed by atoms with Gasteiger partial charge >= 0.3 is 0 Å². The summed E-state index contributed by atoms with van der Waals surface area (Å²) in [5.41, 5.74) is 2.52. The molecule has 6 nitrogen and oxygen atoms in total. The van der Waals surface area contributed by atoms with E-state index in [1.165, 1.54) is 6.42 Å². The van der Waals surface area contributed by atoms with Crippen LogP contribution in [0.5, 0.6) is 0 Å². The van der Waals surface area contributed by atoms with Crippen molar-refractivity contribution in [1.82, 2.24) is 20.1 Å². The van der Waals surface area contributed by atoms with E-state index in [0.717, 1.165) is 55.2 Å². The van der Waals surface area contributed by atoms with Crippen LogP contribution in [0.1, 0.15) is 37.1 Å². The van der Waals surface area contributed by atoms with Crippen LogP contribution in [0.15, 0.2) is 24.4 Å². The van der Waals surface area contributed by atoms with Crippen molar-refractivity contribution in [2.75, 3.05) is 18.4 Å². The summed E-state index contributed by atoms with van der Waals surface area (Å²) in [7, 11) is 0. The van der Waals surface area contributed by atoms with Crippen LogP contribution in [-0.2, 0) is 4.79 Å². The van der Waals surface area contributed by atoms with E-state index in [-0.39, 0.29) is 36.1 Å². The molecule has 148 valence electrons.